The van der Waals surface area contributed by atoms with Crippen LogP contribution in [0.15, 0.2) is 12.4 Å². The Kier molecular flexibility index (Phi) is 3.78. The molecule has 0 spiro atoms. The Morgan fingerprint density at radius 1 is 1.65 bits per heavy atom. The third-order valence-electron chi connectivity index (χ3n) is 3.43. The fourth-order valence-corrected chi connectivity index (χ4v) is 2.27. The number of nitrogens with zero attached hydrogens (tertiary/aromatic N) is 1. The summed E-state index contributed by atoms with van der Waals surface area (Å²) in [6.07, 6.45) is 4.33. The number of amides is 1. The van der Waals surface area contributed by atoms with Gasteiger partial charge in [-0.1, -0.05) is 13.8 Å². The van der Waals surface area contributed by atoms with E-state index in [1.54, 1.807) is 12.4 Å². The molecule has 0 radical (unpaired) electrons. The molecule has 94 valence electrons. The maximum absolute atomic E-state index is 12.1. The number of carbonyl (C=O) groups is 1. The number of H-pyrrole nitrogens is 1. The number of hydrogen-bond donors (Lipinski definition) is 3. The highest BCUT2D eigenvalue weighted by Gasteiger charge is 2.30. The number of nitrogens with one attached hydrogen (secondary N) is 3. The van der Waals surface area contributed by atoms with Crippen LogP contribution in [0.25, 0.3) is 0 Å². The van der Waals surface area contributed by atoms with Crippen molar-refractivity contribution in [2.45, 2.75) is 26.3 Å². The van der Waals surface area contributed by atoms with E-state index in [0.29, 0.717) is 5.92 Å². The van der Waals surface area contributed by atoms with E-state index in [1.165, 1.54) is 0 Å². The van der Waals surface area contributed by atoms with Gasteiger partial charge in [-0.25, -0.2) is 4.98 Å². The second-order valence-electron chi connectivity index (χ2n) is 4.69. The molecule has 1 fully saturated rings. The van der Waals surface area contributed by atoms with Crippen LogP contribution < -0.4 is 10.6 Å². The summed E-state index contributed by atoms with van der Waals surface area (Å²) in [5, 5.41) is 6.31. The zero-order chi connectivity index (χ0) is 12.3. The number of aromatic amines is 1. The molecular formula is C12H20N4O. The normalized spacial score (nSPS) is 25.8. The Balaban J connectivity index is 1.97. The van der Waals surface area contributed by atoms with E-state index in [2.05, 4.69) is 27.5 Å². The minimum atomic E-state index is -0.00898. The molecule has 5 nitrogen and oxygen atoms in total. The molecule has 1 aromatic heterocycles. The molecular weight excluding hydrogens is 216 g/mol. The predicted molar refractivity (Wildman–Crippen MR) is 65.3 cm³/mol. The molecule has 0 bridgehead atoms. The second kappa shape index (κ2) is 5.31. The van der Waals surface area contributed by atoms with Crippen molar-refractivity contribution in [3.63, 3.8) is 0 Å². The summed E-state index contributed by atoms with van der Waals surface area (Å²) in [4.78, 5) is 19.4. The molecule has 17 heavy (non-hydrogen) atoms. The van der Waals surface area contributed by atoms with Crippen molar-refractivity contribution in [2.75, 3.05) is 13.1 Å². The smallest absolute Gasteiger partial charge is 0.225 e. The van der Waals surface area contributed by atoms with Crippen LogP contribution in [0.1, 0.15) is 32.1 Å². The molecule has 3 N–H and O–H groups in total. The monoisotopic (exact) mass is 236 g/mol. The lowest BCUT2D eigenvalue weighted by Crippen LogP contribution is -2.37. The van der Waals surface area contributed by atoms with Crippen LogP contribution in [-0.2, 0) is 4.79 Å². The van der Waals surface area contributed by atoms with Gasteiger partial charge in [0.25, 0.3) is 0 Å². The number of hydrogen-bond acceptors (Lipinski definition) is 3. The van der Waals surface area contributed by atoms with Crippen molar-refractivity contribution < 1.29 is 4.79 Å². The van der Waals surface area contributed by atoms with Crippen molar-refractivity contribution >= 4 is 5.91 Å². The summed E-state index contributed by atoms with van der Waals surface area (Å²) in [6, 6.07) is -0.00898. The Hall–Kier alpha value is -1.36. The van der Waals surface area contributed by atoms with Crippen molar-refractivity contribution in [1.29, 1.82) is 0 Å². The lowest BCUT2D eigenvalue weighted by molar-refractivity contribution is -0.126. The molecule has 2 rings (SSSR count). The minimum Gasteiger partial charge on any atom is -0.347 e. The summed E-state index contributed by atoms with van der Waals surface area (Å²) >= 11 is 0. The third kappa shape index (κ3) is 2.66. The fraction of sp³-hybridized carbons (Fsp3) is 0.667. The van der Waals surface area contributed by atoms with Gasteiger partial charge in [0.15, 0.2) is 0 Å². The summed E-state index contributed by atoms with van der Waals surface area (Å²) in [7, 11) is 0. The largest absolute Gasteiger partial charge is 0.347 e. The van der Waals surface area contributed by atoms with E-state index < -0.39 is 0 Å². The van der Waals surface area contributed by atoms with Crippen LogP contribution >= 0.6 is 0 Å². The van der Waals surface area contributed by atoms with Crippen molar-refractivity contribution in [3.8, 4) is 0 Å². The first-order valence-electron chi connectivity index (χ1n) is 6.22. The van der Waals surface area contributed by atoms with Gasteiger partial charge in [-0.3, -0.25) is 4.79 Å². The van der Waals surface area contributed by atoms with Gasteiger partial charge in [-0.05, 0) is 18.9 Å². The van der Waals surface area contributed by atoms with Crippen molar-refractivity contribution in [3.05, 3.63) is 18.2 Å². The zero-order valence-electron chi connectivity index (χ0n) is 10.4. The highest BCUT2D eigenvalue weighted by Crippen LogP contribution is 2.18. The molecule has 0 aliphatic carbocycles. The second-order valence-corrected chi connectivity index (χ2v) is 4.69. The van der Waals surface area contributed by atoms with Crippen LogP contribution in [0.3, 0.4) is 0 Å². The van der Waals surface area contributed by atoms with E-state index in [1.807, 2.05) is 6.92 Å². The van der Waals surface area contributed by atoms with Gasteiger partial charge in [0.1, 0.15) is 5.82 Å². The Morgan fingerprint density at radius 3 is 3.00 bits per heavy atom. The minimum absolute atomic E-state index is 0.00898. The van der Waals surface area contributed by atoms with E-state index in [9.17, 15) is 4.79 Å². The lowest BCUT2D eigenvalue weighted by Gasteiger charge is -2.19. The quantitative estimate of drug-likeness (QED) is 0.725. The molecule has 0 saturated carbocycles. The first-order valence-corrected chi connectivity index (χ1v) is 6.22. The van der Waals surface area contributed by atoms with Crippen molar-refractivity contribution in [2.24, 2.45) is 11.8 Å². The highest BCUT2D eigenvalue weighted by molar-refractivity contribution is 5.79. The third-order valence-corrected chi connectivity index (χ3v) is 3.43. The van der Waals surface area contributed by atoms with Gasteiger partial charge >= 0.3 is 0 Å². The summed E-state index contributed by atoms with van der Waals surface area (Å²) in [6.45, 7) is 5.86. The first kappa shape index (κ1) is 12.1. The van der Waals surface area contributed by atoms with Crippen LogP contribution in [0.5, 0.6) is 0 Å². The average molecular weight is 236 g/mol. The van der Waals surface area contributed by atoms with Crippen LogP contribution in [-0.4, -0.2) is 29.0 Å². The first-order chi connectivity index (χ1) is 8.22. The van der Waals surface area contributed by atoms with E-state index in [4.69, 9.17) is 0 Å². The van der Waals surface area contributed by atoms with Gasteiger partial charge in [-0.2, -0.15) is 0 Å². The molecule has 1 amide bonds. The summed E-state index contributed by atoms with van der Waals surface area (Å²) in [5.41, 5.74) is 0. The lowest BCUT2D eigenvalue weighted by atomic mass is 9.97. The van der Waals surface area contributed by atoms with Gasteiger partial charge in [0.05, 0.1) is 12.0 Å². The molecule has 0 aromatic carbocycles. The van der Waals surface area contributed by atoms with Gasteiger partial charge in [-0.15, -0.1) is 0 Å². The molecule has 2 heterocycles. The summed E-state index contributed by atoms with van der Waals surface area (Å²) < 4.78 is 0. The number of imidazole rings is 1. The number of rotatable bonds is 4. The van der Waals surface area contributed by atoms with E-state index >= 15 is 0 Å². The Bertz CT molecular complexity index is 363. The molecule has 1 aliphatic heterocycles. The van der Waals surface area contributed by atoms with Gasteiger partial charge in [0.2, 0.25) is 5.91 Å². The molecule has 1 aromatic rings. The Labute approximate surface area is 101 Å². The fourth-order valence-electron chi connectivity index (χ4n) is 2.27. The zero-order valence-corrected chi connectivity index (χ0v) is 10.4. The topological polar surface area (TPSA) is 69.8 Å². The molecule has 1 aliphatic rings. The maximum Gasteiger partial charge on any atom is 0.225 e. The summed E-state index contributed by atoms with van der Waals surface area (Å²) in [5.74, 6) is 1.45. The molecule has 5 heteroatoms. The van der Waals surface area contributed by atoms with Crippen LogP contribution in [0.4, 0.5) is 0 Å². The van der Waals surface area contributed by atoms with Crippen LogP contribution in [0.2, 0.25) is 0 Å². The average Bonchev–Trinajstić information content (AvgIpc) is 2.96. The van der Waals surface area contributed by atoms with Gasteiger partial charge in [0, 0.05) is 18.9 Å². The van der Waals surface area contributed by atoms with Crippen LogP contribution in [0, 0.1) is 11.8 Å². The standard InChI is InChI=1S/C12H20N4O/c1-3-10(11-14-4-5-15-11)16-12(17)9-7-13-6-8(9)2/h4-5,8-10,13H,3,6-7H2,1-2H3,(H,14,15)(H,16,17). The number of carbonyl (C=O) groups excluding carboxylic acids is 1. The SMILES string of the molecule is CCC(NC(=O)C1CNCC1C)c1ncc[nH]1. The van der Waals surface area contributed by atoms with E-state index in [0.717, 1.165) is 25.3 Å². The molecule has 1 saturated heterocycles. The maximum atomic E-state index is 12.1. The molecule has 3 unspecified atom stereocenters. The predicted octanol–water partition coefficient (Wildman–Crippen LogP) is 0.832. The highest BCUT2D eigenvalue weighted by atomic mass is 16.2. The Morgan fingerprint density at radius 2 is 2.47 bits per heavy atom. The van der Waals surface area contributed by atoms with Gasteiger partial charge < -0.3 is 15.6 Å². The number of aromatic nitrogens is 2. The molecule has 3 atom stereocenters. The van der Waals surface area contributed by atoms with E-state index in [-0.39, 0.29) is 17.9 Å². The van der Waals surface area contributed by atoms with Crippen molar-refractivity contribution in [1.82, 2.24) is 20.6 Å².